The van der Waals surface area contributed by atoms with Gasteiger partial charge in [0.15, 0.2) is 5.65 Å². The summed E-state index contributed by atoms with van der Waals surface area (Å²) < 4.78 is 9.38. The highest BCUT2D eigenvalue weighted by Crippen LogP contribution is 2.26. The molecule has 10 nitrogen and oxygen atoms in total. The van der Waals surface area contributed by atoms with Gasteiger partial charge in [0.05, 0.1) is 35.8 Å². The Morgan fingerprint density at radius 1 is 1.16 bits per heavy atom. The third kappa shape index (κ3) is 3.75. The van der Waals surface area contributed by atoms with Gasteiger partial charge in [0.25, 0.3) is 0 Å². The zero-order valence-corrected chi connectivity index (χ0v) is 17.1. The number of hydrogen-bond acceptors (Lipinski definition) is 8. The fraction of sp³-hybridized carbons (Fsp3) is 0.136. The Balaban J connectivity index is 1.46. The van der Waals surface area contributed by atoms with Crippen LogP contribution in [-0.2, 0) is 6.54 Å². The molecule has 0 N–H and O–H groups in total. The number of rotatable bonds is 6. The van der Waals surface area contributed by atoms with Crippen LogP contribution < -0.4 is 4.74 Å². The van der Waals surface area contributed by atoms with E-state index < -0.39 is 0 Å². The number of benzene rings is 1. The first kappa shape index (κ1) is 19.3. The second-order valence-corrected chi connectivity index (χ2v) is 7.15. The summed E-state index contributed by atoms with van der Waals surface area (Å²) in [5.74, 6) is 0.717. The van der Waals surface area contributed by atoms with Crippen molar-refractivity contribution in [3.8, 4) is 34.3 Å². The standard InChI is InChI=1S/C22H17N9O/c1-15(13-30-14-26-28-29-30)32-18-4-2-3-16(9-18)20-5-6-22-25-12-21(31(22)27-20)19-11-24-8-7-17(19)10-23/h2-9,11-12,14-15H,13H2,1H3/t15-/m0/s1. The van der Waals surface area contributed by atoms with E-state index in [2.05, 4.69) is 31.6 Å². The number of pyridine rings is 1. The van der Waals surface area contributed by atoms with Crippen LogP contribution >= 0.6 is 0 Å². The van der Waals surface area contributed by atoms with E-state index in [1.54, 1.807) is 40.2 Å². The van der Waals surface area contributed by atoms with Gasteiger partial charge in [-0.3, -0.25) is 4.98 Å². The minimum atomic E-state index is -0.126. The van der Waals surface area contributed by atoms with Crippen LogP contribution in [0.1, 0.15) is 12.5 Å². The van der Waals surface area contributed by atoms with Gasteiger partial charge in [-0.1, -0.05) is 12.1 Å². The molecule has 156 valence electrons. The molecule has 0 fully saturated rings. The summed E-state index contributed by atoms with van der Waals surface area (Å²) in [5.41, 5.74) is 4.22. The van der Waals surface area contributed by atoms with Crippen molar-refractivity contribution in [2.45, 2.75) is 19.6 Å². The summed E-state index contributed by atoms with van der Waals surface area (Å²) >= 11 is 0. The normalized spacial score (nSPS) is 11.9. The van der Waals surface area contributed by atoms with Gasteiger partial charge < -0.3 is 4.74 Å². The summed E-state index contributed by atoms with van der Waals surface area (Å²) in [6.45, 7) is 2.49. The first-order chi connectivity index (χ1) is 15.7. The smallest absolute Gasteiger partial charge is 0.154 e. The maximum Gasteiger partial charge on any atom is 0.154 e. The van der Waals surface area contributed by atoms with Crippen LogP contribution in [0.3, 0.4) is 0 Å². The summed E-state index contributed by atoms with van der Waals surface area (Å²) in [4.78, 5) is 8.57. The lowest BCUT2D eigenvalue weighted by molar-refractivity contribution is 0.193. The predicted octanol–water partition coefficient (Wildman–Crippen LogP) is 2.78. The number of hydrogen-bond donors (Lipinski definition) is 0. The van der Waals surface area contributed by atoms with Gasteiger partial charge in [-0.25, -0.2) is 14.2 Å². The van der Waals surface area contributed by atoms with Crippen molar-refractivity contribution in [1.29, 1.82) is 5.26 Å². The second kappa shape index (κ2) is 8.23. The van der Waals surface area contributed by atoms with E-state index in [4.69, 9.17) is 9.84 Å². The number of fused-ring (bicyclic) bond motifs is 1. The molecule has 1 aromatic carbocycles. The lowest BCUT2D eigenvalue weighted by Gasteiger charge is -2.15. The van der Waals surface area contributed by atoms with Crippen molar-refractivity contribution in [2.75, 3.05) is 0 Å². The van der Waals surface area contributed by atoms with Crippen molar-refractivity contribution in [2.24, 2.45) is 0 Å². The zero-order valence-electron chi connectivity index (χ0n) is 17.1. The molecule has 0 aliphatic rings. The first-order valence-electron chi connectivity index (χ1n) is 9.88. The Labute approximate surface area is 182 Å². The fourth-order valence-electron chi connectivity index (χ4n) is 3.43. The van der Waals surface area contributed by atoms with Gasteiger partial charge in [0, 0.05) is 23.5 Å². The largest absolute Gasteiger partial charge is 0.489 e. The molecule has 1 atom stereocenters. The molecule has 4 aromatic heterocycles. The molecule has 10 heteroatoms. The minimum Gasteiger partial charge on any atom is -0.489 e. The third-order valence-electron chi connectivity index (χ3n) is 4.88. The topological polar surface area (TPSA) is 120 Å². The molecule has 5 aromatic rings. The summed E-state index contributed by atoms with van der Waals surface area (Å²) in [6.07, 6.45) is 6.37. The quantitative estimate of drug-likeness (QED) is 0.409. The maximum absolute atomic E-state index is 9.45. The zero-order chi connectivity index (χ0) is 21.9. The molecule has 4 heterocycles. The van der Waals surface area contributed by atoms with Crippen molar-refractivity contribution in [3.05, 3.63) is 72.9 Å². The van der Waals surface area contributed by atoms with Gasteiger partial charge in [-0.2, -0.15) is 10.4 Å². The molecule has 0 saturated heterocycles. The van der Waals surface area contributed by atoms with Crippen molar-refractivity contribution in [1.82, 2.24) is 39.8 Å². The Morgan fingerprint density at radius 2 is 2.09 bits per heavy atom. The molecule has 0 amide bonds. The number of nitrogens with zero attached hydrogens (tertiary/aromatic N) is 9. The Morgan fingerprint density at radius 3 is 2.94 bits per heavy atom. The predicted molar refractivity (Wildman–Crippen MR) is 114 cm³/mol. The molecule has 32 heavy (non-hydrogen) atoms. The summed E-state index contributed by atoms with van der Waals surface area (Å²) in [7, 11) is 0. The molecule has 0 bridgehead atoms. The van der Waals surface area contributed by atoms with Crippen molar-refractivity contribution in [3.63, 3.8) is 0 Å². The molecule has 0 spiro atoms. The molecule has 0 aliphatic heterocycles. The number of nitriles is 1. The third-order valence-corrected chi connectivity index (χ3v) is 4.88. The first-order valence-corrected chi connectivity index (χ1v) is 9.88. The average molecular weight is 423 g/mol. The van der Waals surface area contributed by atoms with Gasteiger partial charge in [0.1, 0.15) is 18.2 Å². The molecule has 0 unspecified atom stereocenters. The second-order valence-electron chi connectivity index (χ2n) is 7.15. The molecule has 0 radical (unpaired) electrons. The van der Waals surface area contributed by atoms with Crippen LogP contribution in [0.5, 0.6) is 5.75 Å². The highest BCUT2D eigenvalue weighted by atomic mass is 16.5. The van der Waals surface area contributed by atoms with Gasteiger partial charge >= 0.3 is 0 Å². The molecule has 5 rings (SSSR count). The summed E-state index contributed by atoms with van der Waals surface area (Å²) in [5, 5.41) is 25.4. The monoisotopic (exact) mass is 423 g/mol. The Bertz CT molecular complexity index is 1420. The van der Waals surface area contributed by atoms with Crippen LogP contribution in [0.25, 0.3) is 28.2 Å². The minimum absolute atomic E-state index is 0.126. The lowest BCUT2D eigenvalue weighted by atomic mass is 10.1. The average Bonchev–Trinajstić information content (AvgIpc) is 3.48. The molecule has 0 saturated carbocycles. The number of imidazole rings is 1. The van der Waals surface area contributed by atoms with Crippen LogP contribution in [0.15, 0.2) is 67.4 Å². The SMILES string of the molecule is C[C@@H](Cn1cnnn1)Oc1cccc(-c2ccc3ncc(-c4cnccc4C#N)n3n2)c1. The van der Waals surface area contributed by atoms with E-state index in [0.717, 1.165) is 17.0 Å². The highest BCUT2D eigenvalue weighted by Gasteiger charge is 2.13. The van der Waals surface area contributed by atoms with E-state index in [-0.39, 0.29) is 6.10 Å². The molecular weight excluding hydrogens is 406 g/mol. The van der Waals surface area contributed by atoms with Crippen LogP contribution in [-0.4, -0.2) is 45.9 Å². The highest BCUT2D eigenvalue weighted by molar-refractivity contribution is 5.70. The number of ether oxygens (including phenoxy) is 1. The van der Waals surface area contributed by atoms with E-state index in [9.17, 15) is 5.26 Å². The number of tetrazole rings is 1. The molecule has 0 aliphatic carbocycles. The van der Waals surface area contributed by atoms with Crippen molar-refractivity contribution < 1.29 is 4.74 Å². The van der Waals surface area contributed by atoms with Crippen LogP contribution in [0, 0.1) is 11.3 Å². The maximum atomic E-state index is 9.45. The van der Waals surface area contributed by atoms with Crippen LogP contribution in [0.2, 0.25) is 0 Å². The van der Waals surface area contributed by atoms with E-state index >= 15 is 0 Å². The van der Waals surface area contributed by atoms with E-state index in [0.29, 0.717) is 29.0 Å². The van der Waals surface area contributed by atoms with E-state index in [1.165, 1.54) is 0 Å². The fourth-order valence-corrected chi connectivity index (χ4v) is 3.43. The van der Waals surface area contributed by atoms with E-state index in [1.807, 2.05) is 43.3 Å². The molecular formula is C22H17N9O. The number of aromatic nitrogens is 8. The lowest BCUT2D eigenvalue weighted by Crippen LogP contribution is -2.20. The Kier molecular flexibility index (Phi) is 4.97. The van der Waals surface area contributed by atoms with Crippen LogP contribution in [0.4, 0.5) is 0 Å². The Hall–Kier alpha value is -4.65. The van der Waals surface area contributed by atoms with Gasteiger partial charge in [-0.05, 0) is 47.7 Å². The van der Waals surface area contributed by atoms with Gasteiger partial charge in [0.2, 0.25) is 0 Å². The van der Waals surface area contributed by atoms with Crippen molar-refractivity contribution >= 4 is 5.65 Å². The summed E-state index contributed by atoms with van der Waals surface area (Å²) in [6, 6.07) is 15.4. The van der Waals surface area contributed by atoms with Gasteiger partial charge in [-0.15, -0.1) is 5.10 Å².